The first-order valence-electron chi connectivity index (χ1n) is 11.2. The Morgan fingerprint density at radius 3 is 1.37 bits per heavy atom. The highest BCUT2D eigenvalue weighted by atomic mass is 16.2. The molecule has 0 saturated heterocycles. The maximum absolute atomic E-state index is 12.1. The fourth-order valence-electron chi connectivity index (χ4n) is 4.64. The van der Waals surface area contributed by atoms with Crippen LogP contribution in [0.2, 0.25) is 0 Å². The Balaban J connectivity index is 1.54. The fourth-order valence-corrected chi connectivity index (χ4v) is 4.64. The van der Waals surface area contributed by atoms with Crippen molar-refractivity contribution in [3.05, 3.63) is 113 Å². The molecule has 3 aromatic carbocycles. The van der Waals surface area contributed by atoms with E-state index in [1.54, 1.807) is 24.3 Å². The summed E-state index contributed by atoms with van der Waals surface area (Å²) in [5.41, 5.74) is 6.40. The number of aryl methyl sites for hydroxylation is 1. The van der Waals surface area contributed by atoms with Crippen LogP contribution in [0, 0.1) is 6.92 Å². The number of amides is 4. The molecule has 0 saturated carbocycles. The third-order valence-electron chi connectivity index (χ3n) is 6.32. The van der Waals surface area contributed by atoms with E-state index in [9.17, 15) is 19.2 Å². The second kappa shape index (κ2) is 8.68. The molecule has 0 aromatic heterocycles. The van der Waals surface area contributed by atoms with Gasteiger partial charge in [-0.05, 0) is 53.4 Å². The van der Waals surface area contributed by atoms with E-state index < -0.39 is 0 Å². The Morgan fingerprint density at radius 2 is 1.00 bits per heavy atom. The summed E-state index contributed by atoms with van der Waals surface area (Å²) in [7, 11) is 2.05. The van der Waals surface area contributed by atoms with Crippen molar-refractivity contribution in [2.45, 2.75) is 12.8 Å². The minimum Gasteiger partial charge on any atom is -0.269 e. The van der Waals surface area contributed by atoms with Gasteiger partial charge in [0, 0.05) is 30.2 Å². The lowest BCUT2D eigenvalue weighted by atomic mass is 9.81. The topological polar surface area (TPSA) is 74.8 Å². The summed E-state index contributed by atoms with van der Waals surface area (Å²) in [5, 5.41) is 0. The van der Waals surface area contributed by atoms with Crippen LogP contribution >= 0.6 is 0 Å². The van der Waals surface area contributed by atoms with Crippen molar-refractivity contribution in [2.24, 2.45) is 0 Å². The SMILES string of the molecule is Bc1ccc(C(c2ccc(N3C(=O)C=CC3=O)cc2)c2ccc(N3C(=O)C=CC3=O)cc2)c(C)c1. The Hall–Kier alpha value is -4.52. The van der Waals surface area contributed by atoms with E-state index in [0.29, 0.717) is 11.4 Å². The first-order chi connectivity index (χ1) is 16.8. The quantitative estimate of drug-likeness (QED) is 0.333. The summed E-state index contributed by atoms with van der Waals surface area (Å²) in [4.78, 5) is 50.6. The molecular weight excluding hydrogens is 439 g/mol. The minimum absolute atomic E-state index is 0.134. The van der Waals surface area contributed by atoms with Gasteiger partial charge in [0.1, 0.15) is 7.85 Å². The summed E-state index contributed by atoms with van der Waals surface area (Å²) in [5.74, 6) is -1.56. The lowest BCUT2D eigenvalue weighted by Gasteiger charge is -2.23. The third-order valence-corrected chi connectivity index (χ3v) is 6.32. The van der Waals surface area contributed by atoms with Crippen molar-refractivity contribution in [1.29, 1.82) is 0 Å². The summed E-state index contributed by atoms with van der Waals surface area (Å²) in [6, 6.07) is 21.1. The molecule has 4 amide bonds. The van der Waals surface area contributed by atoms with Gasteiger partial charge >= 0.3 is 0 Å². The summed E-state index contributed by atoms with van der Waals surface area (Å²) < 4.78 is 0. The molecule has 0 unspecified atom stereocenters. The van der Waals surface area contributed by atoms with Gasteiger partial charge in [-0.1, -0.05) is 47.9 Å². The Bertz CT molecular complexity index is 1320. The number of anilines is 2. The molecule has 35 heavy (non-hydrogen) atoms. The molecule has 170 valence electrons. The van der Waals surface area contributed by atoms with Crippen molar-refractivity contribution < 1.29 is 19.2 Å². The zero-order chi connectivity index (χ0) is 24.7. The van der Waals surface area contributed by atoms with Crippen LogP contribution in [0.15, 0.2) is 91.0 Å². The second-order valence-corrected chi connectivity index (χ2v) is 8.67. The van der Waals surface area contributed by atoms with Crippen LogP contribution < -0.4 is 15.3 Å². The number of carbonyl (C=O) groups excluding carboxylic acids is 4. The van der Waals surface area contributed by atoms with Gasteiger partial charge in [-0.2, -0.15) is 0 Å². The standard InChI is InChI=1S/C28H21BN2O4/c1-17-16-20(29)6-11-23(17)28(18-2-7-21(8-3-18)30-24(32)12-13-25(30)33)19-4-9-22(10-5-19)31-26(34)14-15-27(31)35/h2-16,28H,29H2,1H3. The van der Waals surface area contributed by atoms with Crippen molar-refractivity contribution in [1.82, 2.24) is 0 Å². The van der Waals surface area contributed by atoms with Crippen LogP contribution in [0.25, 0.3) is 0 Å². The smallest absolute Gasteiger partial charge is 0.258 e. The monoisotopic (exact) mass is 460 g/mol. The van der Waals surface area contributed by atoms with Crippen LogP contribution in [0.1, 0.15) is 28.2 Å². The molecule has 0 bridgehead atoms. The minimum atomic E-state index is -0.357. The van der Waals surface area contributed by atoms with Gasteiger partial charge in [0.05, 0.1) is 11.4 Å². The molecular formula is C28H21BN2O4. The third kappa shape index (κ3) is 4.01. The van der Waals surface area contributed by atoms with Crippen LogP contribution in [-0.2, 0) is 19.2 Å². The number of imide groups is 2. The van der Waals surface area contributed by atoms with E-state index in [4.69, 9.17) is 0 Å². The predicted octanol–water partition coefficient (Wildman–Crippen LogP) is 2.29. The number of nitrogens with zero attached hydrogens (tertiary/aromatic N) is 2. The zero-order valence-electron chi connectivity index (χ0n) is 19.3. The van der Waals surface area contributed by atoms with Gasteiger partial charge < -0.3 is 0 Å². The summed E-state index contributed by atoms with van der Waals surface area (Å²) in [6.45, 7) is 2.07. The summed E-state index contributed by atoms with van der Waals surface area (Å²) >= 11 is 0. The average Bonchev–Trinajstić information content (AvgIpc) is 3.36. The van der Waals surface area contributed by atoms with E-state index >= 15 is 0 Å². The first-order valence-corrected chi connectivity index (χ1v) is 11.2. The van der Waals surface area contributed by atoms with Crippen LogP contribution in [0.4, 0.5) is 11.4 Å². The van der Waals surface area contributed by atoms with Gasteiger partial charge in [0.25, 0.3) is 23.6 Å². The number of carbonyl (C=O) groups is 4. The lowest BCUT2D eigenvalue weighted by Crippen LogP contribution is -2.29. The highest BCUT2D eigenvalue weighted by Crippen LogP contribution is 2.36. The highest BCUT2D eigenvalue weighted by Gasteiger charge is 2.27. The number of hydrogen-bond acceptors (Lipinski definition) is 4. The highest BCUT2D eigenvalue weighted by molar-refractivity contribution is 6.32. The molecule has 0 spiro atoms. The van der Waals surface area contributed by atoms with E-state index in [1.807, 2.05) is 32.1 Å². The van der Waals surface area contributed by atoms with Crippen molar-refractivity contribution >= 4 is 48.3 Å². The maximum atomic E-state index is 12.1. The predicted molar refractivity (Wildman–Crippen MR) is 136 cm³/mol. The average molecular weight is 460 g/mol. The van der Waals surface area contributed by atoms with Gasteiger partial charge in [0.15, 0.2) is 0 Å². The zero-order valence-corrected chi connectivity index (χ0v) is 19.3. The first kappa shape index (κ1) is 22.3. The summed E-state index contributed by atoms with van der Waals surface area (Å²) in [6.07, 6.45) is 5.06. The fraction of sp³-hybridized carbons (Fsp3) is 0.0714. The van der Waals surface area contributed by atoms with Crippen LogP contribution in [-0.4, -0.2) is 31.5 Å². The number of rotatable bonds is 5. The van der Waals surface area contributed by atoms with E-state index in [-0.39, 0.29) is 29.5 Å². The molecule has 2 heterocycles. The molecule has 2 aliphatic rings. The molecule has 7 heteroatoms. The largest absolute Gasteiger partial charge is 0.269 e. The van der Waals surface area contributed by atoms with Crippen molar-refractivity contribution in [3.63, 3.8) is 0 Å². The van der Waals surface area contributed by atoms with E-state index in [2.05, 4.69) is 25.1 Å². The number of benzene rings is 3. The molecule has 3 aromatic rings. The molecule has 6 nitrogen and oxygen atoms in total. The van der Waals surface area contributed by atoms with Crippen molar-refractivity contribution in [3.8, 4) is 0 Å². The molecule has 0 atom stereocenters. The van der Waals surface area contributed by atoms with E-state index in [1.165, 1.54) is 24.3 Å². The van der Waals surface area contributed by atoms with Gasteiger partial charge in [0.2, 0.25) is 0 Å². The molecule has 0 radical (unpaired) electrons. The van der Waals surface area contributed by atoms with Gasteiger partial charge in [-0.3, -0.25) is 19.2 Å². The van der Waals surface area contributed by atoms with Crippen molar-refractivity contribution in [2.75, 3.05) is 9.80 Å². The maximum Gasteiger partial charge on any atom is 0.258 e. The lowest BCUT2D eigenvalue weighted by molar-refractivity contribution is -0.121. The molecule has 5 rings (SSSR count). The van der Waals surface area contributed by atoms with Gasteiger partial charge in [-0.25, -0.2) is 9.80 Å². The van der Waals surface area contributed by atoms with Crippen LogP contribution in [0.5, 0.6) is 0 Å². The molecule has 0 N–H and O–H groups in total. The Labute approximate surface area is 203 Å². The van der Waals surface area contributed by atoms with E-state index in [0.717, 1.165) is 37.5 Å². The van der Waals surface area contributed by atoms with Crippen LogP contribution in [0.3, 0.4) is 0 Å². The van der Waals surface area contributed by atoms with Gasteiger partial charge in [-0.15, -0.1) is 0 Å². The number of hydrogen-bond donors (Lipinski definition) is 0. The molecule has 0 aliphatic carbocycles. The normalized spacial score (nSPS) is 15.3. The Kier molecular flexibility index (Phi) is 5.53. The second-order valence-electron chi connectivity index (χ2n) is 8.67. The molecule has 0 fully saturated rings. The Morgan fingerprint density at radius 1 is 0.600 bits per heavy atom. The molecule has 2 aliphatic heterocycles.